The van der Waals surface area contributed by atoms with Gasteiger partial charge >= 0.3 is 0 Å². The number of ether oxygens (including phenoxy) is 1. The monoisotopic (exact) mass is 363 g/mol. The van der Waals surface area contributed by atoms with Crippen molar-refractivity contribution < 1.29 is 18.8 Å². The van der Waals surface area contributed by atoms with Crippen LogP contribution in [-0.4, -0.2) is 80.7 Å². The molecule has 0 spiro atoms. The van der Waals surface area contributed by atoms with Crippen molar-refractivity contribution in [2.45, 2.75) is 19.4 Å². The maximum absolute atomic E-state index is 11.4. The molecule has 2 rings (SSSR count). The normalized spacial score (nSPS) is 18.1. The number of benzene rings is 1. The van der Waals surface area contributed by atoms with Crippen LogP contribution in [0.15, 0.2) is 24.3 Å². The van der Waals surface area contributed by atoms with E-state index in [2.05, 4.69) is 24.3 Å². The molecule has 1 heterocycles. The fraction of sp³-hybridized carbons (Fsp3) is 0.579. The molecule has 1 fully saturated rings. The summed E-state index contributed by atoms with van der Waals surface area (Å²) in [6, 6.07) is 6.87. The Bertz CT molecular complexity index is 606. The highest BCUT2D eigenvalue weighted by Gasteiger charge is 2.23. The molecular formula is C19H31N4O3+. The summed E-state index contributed by atoms with van der Waals surface area (Å²) in [7, 11) is 4.54. The van der Waals surface area contributed by atoms with E-state index in [1.54, 1.807) is 0 Å². The number of carbonyl (C=O) groups excluding carboxylic acids is 2. The summed E-state index contributed by atoms with van der Waals surface area (Å²) >= 11 is 0. The molecule has 0 bridgehead atoms. The van der Waals surface area contributed by atoms with Crippen molar-refractivity contribution in [3.63, 3.8) is 0 Å². The van der Waals surface area contributed by atoms with Crippen LogP contribution in [0.5, 0.6) is 5.75 Å². The van der Waals surface area contributed by atoms with Crippen molar-refractivity contribution in [1.82, 2.24) is 10.2 Å². The van der Waals surface area contributed by atoms with Gasteiger partial charge in [-0.15, -0.1) is 0 Å². The molecule has 3 N–H and O–H groups in total. The molecule has 2 amide bonds. The van der Waals surface area contributed by atoms with Crippen molar-refractivity contribution in [3.8, 4) is 5.75 Å². The van der Waals surface area contributed by atoms with Crippen LogP contribution in [0.25, 0.3) is 0 Å². The lowest BCUT2D eigenvalue weighted by atomic mass is 10.1. The van der Waals surface area contributed by atoms with Gasteiger partial charge in [0.05, 0.1) is 27.2 Å². The van der Waals surface area contributed by atoms with Gasteiger partial charge in [-0.25, -0.2) is 0 Å². The van der Waals surface area contributed by atoms with Gasteiger partial charge in [0.2, 0.25) is 11.8 Å². The number of rotatable bonds is 8. The van der Waals surface area contributed by atoms with Gasteiger partial charge in [-0.3, -0.25) is 14.5 Å². The van der Waals surface area contributed by atoms with Crippen LogP contribution < -0.4 is 15.8 Å². The Hall–Kier alpha value is -2.12. The first-order valence-electron chi connectivity index (χ1n) is 9.08. The van der Waals surface area contributed by atoms with Crippen molar-refractivity contribution in [1.29, 1.82) is 0 Å². The fourth-order valence-electron chi connectivity index (χ4n) is 2.99. The standard InChI is InChI=1S/C19H30N4O3/c1-15(24)21-18(19(20)25)14-16-4-6-17(7-5-16)26-13-10-22-8-11-23(2,3)12-9-22/h4-7,18H,8-14H2,1-3H3,(H2-,20,21,24,25)/p+1/t18-/m0/s1. The molecule has 0 aliphatic carbocycles. The summed E-state index contributed by atoms with van der Waals surface area (Å²) in [4.78, 5) is 25.0. The summed E-state index contributed by atoms with van der Waals surface area (Å²) in [5.74, 6) is -0.00506. The van der Waals surface area contributed by atoms with E-state index in [0.29, 0.717) is 13.0 Å². The second-order valence-electron chi connectivity index (χ2n) is 7.58. The zero-order valence-corrected chi connectivity index (χ0v) is 16.0. The second kappa shape index (κ2) is 9.00. The first-order valence-corrected chi connectivity index (χ1v) is 9.08. The Morgan fingerprint density at radius 1 is 1.23 bits per heavy atom. The van der Waals surface area contributed by atoms with Gasteiger partial charge in [0.15, 0.2) is 0 Å². The molecule has 1 aliphatic heterocycles. The number of primary amides is 1. The number of hydrogen-bond donors (Lipinski definition) is 2. The molecule has 144 valence electrons. The first-order chi connectivity index (χ1) is 12.2. The molecule has 1 aromatic carbocycles. The van der Waals surface area contributed by atoms with Crippen LogP contribution in [-0.2, 0) is 16.0 Å². The van der Waals surface area contributed by atoms with Crippen LogP contribution in [0.1, 0.15) is 12.5 Å². The molecule has 1 aromatic rings. The molecule has 26 heavy (non-hydrogen) atoms. The van der Waals surface area contributed by atoms with Gasteiger partial charge in [0.1, 0.15) is 18.4 Å². The van der Waals surface area contributed by atoms with Gasteiger partial charge in [-0.1, -0.05) is 12.1 Å². The third-order valence-electron chi connectivity index (χ3n) is 4.80. The minimum Gasteiger partial charge on any atom is -0.492 e. The van der Waals surface area contributed by atoms with Crippen molar-refractivity contribution in [2.24, 2.45) is 5.73 Å². The summed E-state index contributed by atoms with van der Waals surface area (Å²) in [6.07, 6.45) is 0.372. The summed E-state index contributed by atoms with van der Waals surface area (Å²) < 4.78 is 6.91. The summed E-state index contributed by atoms with van der Waals surface area (Å²) in [5, 5.41) is 2.57. The quantitative estimate of drug-likeness (QED) is 0.636. The number of hydrogen-bond acceptors (Lipinski definition) is 4. The van der Waals surface area contributed by atoms with E-state index >= 15 is 0 Å². The zero-order valence-electron chi connectivity index (χ0n) is 16.0. The molecule has 1 atom stereocenters. The van der Waals surface area contributed by atoms with Crippen LogP contribution in [0, 0.1) is 0 Å². The number of carbonyl (C=O) groups is 2. The predicted molar refractivity (Wildman–Crippen MR) is 101 cm³/mol. The number of nitrogens with one attached hydrogen (secondary N) is 1. The minimum atomic E-state index is -0.693. The Kier molecular flexibility index (Phi) is 6.99. The molecule has 7 heteroatoms. The molecule has 0 radical (unpaired) electrons. The summed E-state index contributed by atoms with van der Waals surface area (Å²) in [5.41, 5.74) is 6.25. The molecule has 0 aromatic heterocycles. The van der Waals surface area contributed by atoms with Gasteiger partial charge in [-0.2, -0.15) is 0 Å². The van der Waals surface area contributed by atoms with Crippen LogP contribution in [0.3, 0.4) is 0 Å². The molecule has 0 unspecified atom stereocenters. The van der Waals surface area contributed by atoms with Gasteiger partial charge in [0.25, 0.3) is 0 Å². The molecule has 1 aliphatic rings. The van der Waals surface area contributed by atoms with Gasteiger partial charge in [-0.05, 0) is 17.7 Å². The van der Waals surface area contributed by atoms with Crippen LogP contribution in [0.4, 0.5) is 0 Å². The lowest BCUT2D eigenvalue weighted by molar-refractivity contribution is -0.894. The summed E-state index contributed by atoms with van der Waals surface area (Å²) in [6.45, 7) is 7.50. The maximum Gasteiger partial charge on any atom is 0.240 e. The van der Waals surface area contributed by atoms with Crippen LogP contribution in [0.2, 0.25) is 0 Å². The Morgan fingerprint density at radius 3 is 2.38 bits per heavy atom. The number of nitrogens with two attached hydrogens (primary N) is 1. The molecule has 0 saturated carbocycles. The number of nitrogens with zero attached hydrogens (tertiary/aromatic N) is 2. The Labute approximate surface area is 155 Å². The van der Waals surface area contributed by atoms with E-state index in [9.17, 15) is 9.59 Å². The lowest BCUT2D eigenvalue weighted by Gasteiger charge is -2.38. The van der Waals surface area contributed by atoms with Crippen LogP contribution >= 0.6 is 0 Å². The van der Waals surface area contributed by atoms with E-state index in [-0.39, 0.29) is 5.91 Å². The predicted octanol–water partition coefficient (Wildman–Crippen LogP) is -0.0101. The number of amides is 2. The molecular weight excluding hydrogens is 332 g/mol. The minimum absolute atomic E-state index is 0.270. The largest absolute Gasteiger partial charge is 0.492 e. The Morgan fingerprint density at radius 2 is 1.85 bits per heavy atom. The second-order valence-corrected chi connectivity index (χ2v) is 7.58. The lowest BCUT2D eigenvalue weighted by Crippen LogP contribution is -2.55. The highest BCUT2D eigenvalue weighted by atomic mass is 16.5. The highest BCUT2D eigenvalue weighted by Crippen LogP contribution is 2.14. The van der Waals surface area contributed by atoms with Crippen molar-refractivity contribution >= 4 is 11.8 Å². The van der Waals surface area contributed by atoms with E-state index < -0.39 is 11.9 Å². The molecule has 1 saturated heterocycles. The van der Waals surface area contributed by atoms with Gasteiger partial charge in [0, 0.05) is 33.0 Å². The topological polar surface area (TPSA) is 84.7 Å². The fourth-order valence-corrected chi connectivity index (χ4v) is 2.99. The number of likely N-dealkylation sites (N-methyl/N-ethyl adjacent to an activating group) is 1. The smallest absolute Gasteiger partial charge is 0.240 e. The van der Waals surface area contributed by atoms with E-state index in [1.807, 2.05) is 24.3 Å². The SMILES string of the molecule is CC(=O)N[C@@H](Cc1ccc(OCCN2CC[N+](C)(C)CC2)cc1)C(N)=O. The maximum atomic E-state index is 11.4. The third-order valence-corrected chi connectivity index (χ3v) is 4.80. The number of quaternary nitrogens is 1. The van der Waals surface area contributed by atoms with Gasteiger partial charge < -0.3 is 20.3 Å². The van der Waals surface area contributed by atoms with Crippen molar-refractivity contribution in [3.05, 3.63) is 29.8 Å². The zero-order chi connectivity index (χ0) is 19.2. The number of piperazine rings is 1. The first kappa shape index (κ1) is 20.2. The molecule has 7 nitrogen and oxygen atoms in total. The third kappa shape index (κ3) is 6.65. The van der Waals surface area contributed by atoms with E-state index in [1.165, 1.54) is 20.0 Å². The average molecular weight is 363 g/mol. The average Bonchev–Trinajstić information content (AvgIpc) is 2.57. The van der Waals surface area contributed by atoms with Crippen molar-refractivity contribution in [2.75, 3.05) is 53.4 Å². The van der Waals surface area contributed by atoms with E-state index in [0.717, 1.165) is 35.4 Å². The Balaban J connectivity index is 1.76. The highest BCUT2D eigenvalue weighted by molar-refractivity contribution is 5.85. The van der Waals surface area contributed by atoms with E-state index in [4.69, 9.17) is 10.5 Å².